The third-order valence-corrected chi connectivity index (χ3v) is 2.86. The molecule has 3 nitrogen and oxygen atoms in total. The summed E-state index contributed by atoms with van der Waals surface area (Å²) in [5.41, 5.74) is 1.14. The second kappa shape index (κ2) is 3.65. The molecule has 1 aromatic heterocycles. The summed E-state index contributed by atoms with van der Waals surface area (Å²) in [5, 5.41) is 0. The number of anilines is 1. The van der Waals surface area contributed by atoms with Gasteiger partial charge in [0.15, 0.2) is 0 Å². The van der Waals surface area contributed by atoms with E-state index in [1.807, 2.05) is 13.1 Å². The SMILES string of the molecule is Cc1ncc(C)c(N2C(C)C=CC2C)n1. The molecular weight excluding hydrogens is 186 g/mol. The molecular formula is C12H17N3. The van der Waals surface area contributed by atoms with Crippen LogP contribution >= 0.6 is 0 Å². The van der Waals surface area contributed by atoms with E-state index in [1.54, 1.807) is 0 Å². The number of rotatable bonds is 1. The van der Waals surface area contributed by atoms with Crippen molar-refractivity contribution in [2.75, 3.05) is 4.90 Å². The van der Waals surface area contributed by atoms with Gasteiger partial charge < -0.3 is 4.90 Å². The number of aryl methyl sites for hydroxylation is 2. The molecule has 0 bridgehead atoms. The zero-order chi connectivity index (χ0) is 11.0. The van der Waals surface area contributed by atoms with Crippen LogP contribution in [0.3, 0.4) is 0 Å². The number of aromatic nitrogens is 2. The van der Waals surface area contributed by atoms with Gasteiger partial charge in [0.05, 0.1) is 0 Å². The summed E-state index contributed by atoms with van der Waals surface area (Å²) in [6.07, 6.45) is 6.35. The lowest BCUT2D eigenvalue weighted by Crippen LogP contribution is -2.35. The fourth-order valence-corrected chi connectivity index (χ4v) is 2.04. The first-order chi connectivity index (χ1) is 7.09. The third kappa shape index (κ3) is 1.74. The van der Waals surface area contributed by atoms with E-state index in [0.717, 1.165) is 17.2 Å². The van der Waals surface area contributed by atoms with Gasteiger partial charge in [-0.05, 0) is 27.7 Å². The Balaban J connectivity index is 2.41. The topological polar surface area (TPSA) is 29.0 Å². The van der Waals surface area contributed by atoms with Crippen molar-refractivity contribution in [3.8, 4) is 0 Å². The Hall–Kier alpha value is -1.38. The molecule has 0 aliphatic carbocycles. The smallest absolute Gasteiger partial charge is 0.136 e. The molecule has 0 aromatic carbocycles. The van der Waals surface area contributed by atoms with E-state index in [-0.39, 0.29) is 0 Å². The van der Waals surface area contributed by atoms with Crippen molar-refractivity contribution in [3.05, 3.63) is 29.7 Å². The summed E-state index contributed by atoms with van der Waals surface area (Å²) in [4.78, 5) is 11.1. The summed E-state index contributed by atoms with van der Waals surface area (Å²) < 4.78 is 0. The second-order valence-corrected chi connectivity index (χ2v) is 4.20. The first kappa shape index (κ1) is 10.1. The molecule has 0 spiro atoms. The maximum Gasteiger partial charge on any atom is 0.136 e. The van der Waals surface area contributed by atoms with Crippen LogP contribution in [0.5, 0.6) is 0 Å². The number of hydrogen-bond donors (Lipinski definition) is 0. The Morgan fingerprint density at radius 3 is 2.33 bits per heavy atom. The molecule has 0 saturated carbocycles. The van der Waals surface area contributed by atoms with E-state index in [2.05, 4.69) is 47.8 Å². The summed E-state index contributed by atoms with van der Waals surface area (Å²) in [6, 6.07) is 0.848. The first-order valence-corrected chi connectivity index (χ1v) is 5.36. The summed E-state index contributed by atoms with van der Waals surface area (Å²) in [5.74, 6) is 1.90. The van der Waals surface area contributed by atoms with Gasteiger partial charge in [0.25, 0.3) is 0 Å². The Morgan fingerprint density at radius 2 is 1.73 bits per heavy atom. The van der Waals surface area contributed by atoms with Crippen molar-refractivity contribution in [1.29, 1.82) is 0 Å². The molecule has 0 fully saturated rings. The van der Waals surface area contributed by atoms with Crippen LogP contribution in [0.15, 0.2) is 18.3 Å². The van der Waals surface area contributed by atoms with Gasteiger partial charge in [-0.15, -0.1) is 0 Å². The molecule has 2 atom stereocenters. The molecule has 15 heavy (non-hydrogen) atoms. The van der Waals surface area contributed by atoms with Crippen molar-refractivity contribution in [3.63, 3.8) is 0 Å². The predicted molar refractivity (Wildman–Crippen MR) is 62.0 cm³/mol. The van der Waals surface area contributed by atoms with Crippen LogP contribution in [-0.2, 0) is 0 Å². The van der Waals surface area contributed by atoms with Crippen LogP contribution in [-0.4, -0.2) is 22.1 Å². The molecule has 1 aliphatic heterocycles. The summed E-state index contributed by atoms with van der Waals surface area (Å²) >= 11 is 0. The average molecular weight is 203 g/mol. The summed E-state index contributed by atoms with van der Waals surface area (Å²) in [7, 11) is 0. The normalized spacial score (nSPS) is 24.9. The zero-order valence-corrected chi connectivity index (χ0v) is 9.73. The van der Waals surface area contributed by atoms with Crippen LogP contribution < -0.4 is 4.90 Å². The van der Waals surface area contributed by atoms with Crippen molar-refractivity contribution in [1.82, 2.24) is 9.97 Å². The largest absolute Gasteiger partial charge is 0.344 e. The molecule has 0 amide bonds. The Bertz CT molecular complexity index is 386. The van der Waals surface area contributed by atoms with Crippen LogP contribution in [0.25, 0.3) is 0 Å². The van der Waals surface area contributed by atoms with Crippen LogP contribution in [0.4, 0.5) is 5.82 Å². The monoisotopic (exact) mass is 203 g/mol. The lowest BCUT2D eigenvalue weighted by molar-refractivity contribution is 0.707. The molecule has 1 aromatic rings. The molecule has 0 N–H and O–H groups in total. The number of hydrogen-bond acceptors (Lipinski definition) is 3. The van der Waals surface area contributed by atoms with E-state index < -0.39 is 0 Å². The van der Waals surface area contributed by atoms with Gasteiger partial charge >= 0.3 is 0 Å². The van der Waals surface area contributed by atoms with E-state index in [1.165, 1.54) is 0 Å². The number of nitrogens with zero attached hydrogens (tertiary/aromatic N) is 3. The molecule has 0 saturated heterocycles. The van der Waals surface area contributed by atoms with Gasteiger partial charge in [0, 0.05) is 23.8 Å². The maximum atomic E-state index is 4.53. The minimum absolute atomic E-state index is 0.424. The zero-order valence-electron chi connectivity index (χ0n) is 9.73. The highest BCUT2D eigenvalue weighted by molar-refractivity contribution is 5.51. The molecule has 0 radical (unpaired) electrons. The quantitative estimate of drug-likeness (QED) is 0.655. The molecule has 2 heterocycles. The van der Waals surface area contributed by atoms with E-state index in [0.29, 0.717) is 12.1 Å². The predicted octanol–water partition coefficient (Wildman–Crippen LogP) is 2.25. The van der Waals surface area contributed by atoms with Crippen LogP contribution in [0, 0.1) is 13.8 Å². The van der Waals surface area contributed by atoms with Gasteiger partial charge in [0.1, 0.15) is 11.6 Å². The lowest BCUT2D eigenvalue weighted by atomic mass is 10.2. The minimum atomic E-state index is 0.424. The molecule has 80 valence electrons. The van der Waals surface area contributed by atoms with Crippen molar-refractivity contribution >= 4 is 5.82 Å². The van der Waals surface area contributed by atoms with Gasteiger partial charge in [0.2, 0.25) is 0 Å². The Labute approximate surface area is 90.9 Å². The highest BCUT2D eigenvalue weighted by Crippen LogP contribution is 2.26. The van der Waals surface area contributed by atoms with E-state index in [9.17, 15) is 0 Å². The van der Waals surface area contributed by atoms with Crippen LogP contribution in [0.1, 0.15) is 25.2 Å². The van der Waals surface area contributed by atoms with Crippen LogP contribution in [0.2, 0.25) is 0 Å². The highest BCUT2D eigenvalue weighted by Gasteiger charge is 2.24. The fourth-order valence-electron chi connectivity index (χ4n) is 2.04. The van der Waals surface area contributed by atoms with Crippen molar-refractivity contribution in [2.24, 2.45) is 0 Å². The minimum Gasteiger partial charge on any atom is -0.344 e. The van der Waals surface area contributed by atoms with Gasteiger partial charge in [-0.3, -0.25) is 0 Å². The first-order valence-electron chi connectivity index (χ1n) is 5.36. The van der Waals surface area contributed by atoms with Gasteiger partial charge in [-0.1, -0.05) is 12.2 Å². The molecule has 3 heteroatoms. The standard InChI is InChI=1S/C12H17N3/c1-8-7-13-11(4)14-12(8)15-9(2)5-6-10(15)3/h5-7,9-10H,1-4H3. The Kier molecular flexibility index (Phi) is 2.47. The lowest BCUT2D eigenvalue weighted by Gasteiger charge is -2.29. The summed E-state index contributed by atoms with van der Waals surface area (Å²) in [6.45, 7) is 8.38. The third-order valence-electron chi connectivity index (χ3n) is 2.86. The maximum absolute atomic E-state index is 4.53. The average Bonchev–Trinajstić information content (AvgIpc) is 2.51. The molecule has 2 unspecified atom stereocenters. The molecule has 1 aliphatic rings. The van der Waals surface area contributed by atoms with E-state index >= 15 is 0 Å². The van der Waals surface area contributed by atoms with Gasteiger partial charge in [-0.2, -0.15) is 0 Å². The van der Waals surface area contributed by atoms with Gasteiger partial charge in [-0.25, -0.2) is 9.97 Å². The molecule has 2 rings (SSSR count). The fraction of sp³-hybridized carbons (Fsp3) is 0.500. The van der Waals surface area contributed by atoms with E-state index in [4.69, 9.17) is 0 Å². The highest BCUT2D eigenvalue weighted by atomic mass is 15.2. The Morgan fingerprint density at radius 1 is 1.13 bits per heavy atom. The second-order valence-electron chi connectivity index (χ2n) is 4.20. The van der Waals surface area contributed by atoms with Crippen molar-refractivity contribution in [2.45, 2.75) is 39.8 Å². The van der Waals surface area contributed by atoms with Crippen molar-refractivity contribution < 1.29 is 0 Å².